The van der Waals surface area contributed by atoms with Crippen molar-refractivity contribution in [3.05, 3.63) is 33.3 Å². The van der Waals surface area contributed by atoms with Gasteiger partial charge >= 0.3 is 0 Å². The fraction of sp³-hybridized carbons (Fsp3) is 0.565. The molecule has 2 fully saturated rings. The summed E-state index contributed by atoms with van der Waals surface area (Å²) < 4.78 is 2.72. The van der Waals surface area contributed by atoms with Crippen LogP contribution in [0.15, 0.2) is 10.9 Å². The lowest BCUT2D eigenvalue weighted by Crippen LogP contribution is -2.36. The number of amides is 2. The molecule has 9 nitrogen and oxygen atoms in total. The van der Waals surface area contributed by atoms with Crippen molar-refractivity contribution < 1.29 is 14.7 Å². The molecule has 2 amide bonds. The van der Waals surface area contributed by atoms with Gasteiger partial charge in [0, 0.05) is 36.8 Å². The van der Waals surface area contributed by atoms with Gasteiger partial charge in [0.1, 0.15) is 5.65 Å². The molecule has 9 heteroatoms. The average molecular weight is 442 g/mol. The molecule has 2 aromatic rings. The largest absolute Gasteiger partial charge is 0.492 e. The van der Waals surface area contributed by atoms with Gasteiger partial charge in [-0.3, -0.25) is 19.0 Å². The molecule has 0 spiro atoms. The van der Waals surface area contributed by atoms with Gasteiger partial charge < -0.3 is 15.3 Å². The Labute approximate surface area is 186 Å². The van der Waals surface area contributed by atoms with Crippen LogP contribution in [0.4, 0.5) is 0 Å². The first-order chi connectivity index (χ1) is 15.2. The van der Waals surface area contributed by atoms with E-state index in [9.17, 15) is 19.5 Å². The zero-order valence-electron chi connectivity index (χ0n) is 19.1. The number of likely N-dealkylation sites (tertiary alicyclic amines) is 1. The maximum absolute atomic E-state index is 13.3. The van der Waals surface area contributed by atoms with Gasteiger partial charge in [0.2, 0.25) is 11.8 Å². The average Bonchev–Trinajstić information content (AvgIpc) is 3.32. The highest BCUT2D eigenvalue weighted by Crippen LogP contribution is 2.25. The first kappa shape index (κ1) is 22.1. The fourth-order valence-corrected chi connectivity index (χ4v) is 4.29. The lowest BCUT2D eigenvalue weighted by Gasteiger charge is -2.19. The SMILES string of the molecule is Cc1nn2c(O)c(C(=O)NC3CC3)c(=O)n(CC(C)C)c2c1/C=C/C(=O)N1CCC[C@@H]1C. The molecule has 1 saturated heterocycles. The third-order valence-electron chi connectivity index (χ3n) is 6.14. The second kappa shape index (κ2) is 8.44. The summed E-state index contributed by atoms with van der Waals surface area (Å²) in [5.41, 5.74) is 0.643. The minimum Gasteiger partial charge on any atom is -0.492 e. The second-order valence-corrected chi connectivity index (χ2v) is 9.35. The Morgan fingerprint density at radius 3 is 2.59 bits per heavy atom. The van der Waals surface area contributed by atoms with E-state index in [0.717, 1.165) is 32.2 Å². The van der Waals surface area contributed by atoms with Crippen molar-refractivity contribution in [2.75, 3.05) is 6.54 Å². The second-order valence-electron chi connectivity index (χ2n) is 9.35. The predicted molar refractivity (Wildman–Crippen MR) is 121 cm³/mol. The summed E-state index contributed by atoms with van der Waals surface area (Å²) in [5.74, 6) is -1.04. The Morgan fingerprint density at radius 2 is 2.00 bits per heavy atom. The van der Waals surface area contributed by atoms with E-state index >= 15 is 0 Å². The zero-order chi connectivity index (χ0) is 23.2. The first-order valence-corrected chi connectivity index (χ1v) is 11.3. The van der Waals surface area contributed by atoms with Gasteiger partial charge in [-0.1, -0.05) is 13.8 Å². The van der Waals surface area contributed by atoms with Crippen molar-refractivity contribution in [2.24, 2.45) is 5.92 Å². The highest BCUT2D eigenvalue weighted by Gasteiger charge is 2.30. The highest BCUT2D eigenvalue weighted by molar-refractivity contribution is 5.97. The number of hydrogen-bond acceptors (Lipinski definition) is 5. The van der Waals surface area contributed by atoms with E-state index in [1.165, 1.54) is 15.2 Å². The van der Waals surface area contributed by atoms with Gasteiger partial charge in [0.05, 0.1) is 5.69 Å². The summed E-state index contributed by atoms with van der Waals surface area (Å²) in [7, 11) is 0. The molecule has 1 aliphatic heterocycles. The summed E-state index contributed by atoms with van der Waals surface area (Å²) in [6, 6.07) is 0.250. The van der Waals surface area contributed by atoms with Crippen LogP contribution in [0.2, 0.25) is 0 Å². The molecule has 1 aliphatic carbocycles. The summed E-state index contributed by atoms with van der Waals surface area (Å²) in [4.78, 5) is 40.6. The van der Waals surface area contributed by atoms with Gasteiger partial charge in [-0.25, -0.2) is 0 Å². The van der Waals surface area contributed by atoms with E-state index < -0.39 is 17.3 Å². The molecule has 172 valence electrons. The maximum atomic E-state index is 13.3. The van der Waals surface area contributed by atoms with E-state index in [0.29, 0.717) is 23.4 Å². The van der Waals surface area contributed by atoms with Gasteiger partial charge in [-0.2, -0.15) is 9.61 Å². The Hall–Kier alpha value is -3.10. The minimum absolute atomic E-state index is 0.0485. The molecule has 2 aliphatic rings. The van der Waals surface area contributed by atoms with Gasteiger partial charge in [-0.05, 0) is 51.5 Å². The van der Waals surface area contributed by atoms with E-state index in [1.807, 2.05) is 25.7 Å². The topological polar surface area (TPSA) is 109 Å². The monoisotopic (exact) mass is 441 g/mol. The number of carbonyl (C=O) groups is 2. The molecule has 0 aromatic carbocycles. The molecular formula is C23H31N5O4. The Balaban J connectivity index is 1.83. The molecule has 3 heterocycles. The van der Waals surface area contributed by atoms with Crippen LogP contribution in [0.25, 0.3) is 11.7 Å². The first-order valence-electron chi connectivity index (χ1n) is 11.3. The van der Waals surface area contributed by atoms with E-state index in [2.05, 4.69) is 10.4 Å². The normalized spacial score (nSPS) is 18.9. The summed E-state index contributed by atoms with van der Waals surface area (Å²) in [5, 5.41) is 18.0. The standard InChI is InChI=1S/C23H31N5O4/c1-13(2)12-27-21-17(9-10-18(29)26-11-5-6-14(26)3)15(4)25-28(21)23(32)19(22(27)31)20(30)24-16-7-8-16/h9-10,13-14,16,32H,5-8,11-12H2,1-4H3,(H,24,30)/b10-9+/t14-/m0/s1. The number of rotatable bonds is 6. The zero-order valence-corrected chi connectivity index (χ0v) is 19.1. The van der Waals surface area contributed by atoms with Crippen LogP contribution >= 0.6 is 0 Å². The van der Waals surface area contributed by atoms with Crippen LogP contribution in [0.1, 0.15) is 68.1 Å². The van der Waals surface area contributed by atoms with Crippen LogP contribution in [0.5, 0.6) is 5.88 Å². The third kappa shape index (κ3) is 4.03. The molecule has 32 heavy (non-hydrogen) atoms. The van der Waals surface area contributed by atoms with Crippen LogP contribution in [-0.4, -0.2) is 54.6 Å². The molecule has 2 N–H and O–H groups in total. The Morgan fingerprint density at radius 1 is 1.28 bits per heavy atom. The van der Waals surface area contributed by atoms with Crippen molar-refractivity contribution in [1.82, 2.24) is 24.4 Å². The fourth-order valence-electron chi connectivity index (χ4n) is 4.29. The summed E-state index contributed by atoms with van der Waals surface area (Å²) >= 11 is 0. The molecule has 4 rings (SSSR count). The van der Waals surface area contributed by atoms with Crippen molar-refractivity contribution in [2.45, 2.75) is 72.0 Å². The van der Waals surface area contributed by atoms with Crippen molar-refractivity contribution in [3.63, 3.8) is 0 Å². The van der Waals surface area contributed by atoms with Gasteiger partial charge in [0.15, 0.2) is 5.56 Å². The minimum atomic E-state index is -0.585. The van der Waals surface area contributed by atoms with Crippen LogP contribution in [0.3, 0.4) is 0 Å². The third-order valence-corrected chi connectivity index (χ3v) is 6.14. The number of nitrogens with zero attached hydrogens (tertiary/aromatic N) is 4. The van der Waals surface area contributed by atoms with Gasteiger partial charge in [0.25, 0.3) is 11.5 Å². The number of hydrogen-bond donors (Lipinski definition) is 2. The summed E-state index contributed by atoms with van der Waals surface area (Å²) in [6.45, 7) is 8.80. The van der Waals surface area contributed by atoms with Crippen LogP contribution in [-0.2, 0) is 11.3 Å². The predicted octanol–water partition coefficient (Wildman–Crippen LogP) is 2.08. The van der Waals surface area contributed by atoms with Crippen molar-refractivity contribution in [3.8, 4) is 5.88 Å². The lowest BCUT2D eigenvalue weighted by molar-refractivity contribution is -0.126. The number of nitrogens with one attached hydrogen (secondary N) is 1. The Bertz CT molecular complexity index is 1160. The molecule has 0 unspecified atom stereocenters. The molecule has 2 aromatic heterocycles. The van der Waals surface area contributed by atoms with Crippen molar-refractivity contribution >= 4 is 23.5 Å². The number of fused-ring (bicyclic) bond motifs is 1. The smallest absolute Gasteiger partial charge is 0.270 e. The van der Waals surface area contributed by atoms with E-state index in [1.54, 1.807) is 13.0 Å². The maximum Gasteiger partial charge on any atom is 0.270 e. The number of carbonyl (C=O) groups excluding carboxylic acids is 2. The number of aryl methyl sites for hydroxylation is 1. The van der Waals surface area contributed by atoms with Crippen LogP contribution in [0, 0.1) is 12.8 Å². The molecule has 1 atom stereocenters. The number of aromatic nitrogens is 3. The number of aromatic hydroxyl groups is 1. The van der Waals surface area contributed by atoms with E-state index in [-0.39, 0.29) is 29.5 Å². The Kier molecular flexibility index (Phi) is 5.83. The molecule has 0 bridgehead atoms. The lowest BCUT2D eigenvalue weighted by atomic mass is 10.1. The molecule has 0 radical (unpaired) electrons. The molecule has 1 saturated carbocycles. The van der Waals surface area contributed by atoms with Crippen LogP contribution < -0.4 is 10.9 Å². The van der Waals surface area contributed by atoms with Gasteiger partial charge in [-0.15, -0.1) is 0 Å². The molecular weight excluding hydrogens is 410 g/mol. The summed E-state index contributed by atoms with van der Waals surface area (Å²) in [6.07, 6.45) is 6.88. The quantitative estimate of drug-likeness (QED) is 0.667. The van der Waals surface area contributed by atoms with Crippen molar-refractivity contribution in [1.29, 1.82) is 0 Å². The van der Waals surface area contributed by atoms with E-state index in [4.69, 9.17) is 0 Å². The highest BCUT2D eigenvalue weighted by atomic mass is 16.3.